The van der Waals surface area contributed by atoms with Crippen molar-refractivity contribution in [3.63, 3.8) is 0 Å². The van der Waals surface area contributed by atoms with E-state index in [1.807, 2.05) is 0 Å². The molecule has 0 heterocycles. The summed E-state index contributed by atoms with van der Waals surface area (Å²) < 4.78 is 38.1. The topological polar surface area (TPSA) is 66.5 Å². The Bertz CT molecular complexity index is 794. The number of hydrogen-bond donors (Lipinski definition) is 1. The maximum atomic E-state index is 13.1. The number of carbonyl (C=O) groups excluding carboxylic acids is 1. The zero-order valence-electron chi connectivity index (χ0n) is 13.3. The Morgan fingerprint density at radius 2 is 1.83 bits per heavy atom. The predicted molar refractivity (Wildman–Crippen MR) is 91.7 cm³/mol. The first-order chi connectivity index (χ1) is 11.4. The number of rotatable bonds is 7. The Kier molecular flexibility index (Phi) is 5.92. The summed E-state index contributed by atoms with van der Waals surface area (Å²) in [6.45, 7) is 0.286. The van der Waals surface area contributed by atoms with Crippen LogP contribution >= 0.6 is 0 Å². The Balaban J connectivity index is 1.92. The SMILES string of the molecule is CS(=O)(=O)N(CCNC(=O)Cc1cccc(F)c1)c1ccccc1. The number of hydrogen-bond acceptors (Lipinski definition) is 3. The molecule has 1 N–H and O–H groups in total. The molecule has 0 aliphatic heterocycles. The summed E-state index contributed by atoms with van der Waals surface area (Å²) >= 11 is 0. The molecular formula is C17H19FN2O3S. The van der Waals surface area contributed by atoms with Gasteiger partial charge in [0, 0.05) is 6.54 Å². The van der Waals surface area contributed by atoms with Crippen LogP contribution in [-0.2, 0) is 21.2 Å². The number of para-hydroxylation sites is 1. The number of nitrogens with one attached hydrogen (secondary N) is 1. The molecule has 0 fully saturated rings. The Hall–Kier alpha value is -2.41. The van der Waals surface area contributed by atoms with Crippen molar-refractivity contribution >= 4 is 21.6 Å². The lowest BCUT2D eigenvalue weighted by atomic mass is 10.1. The van der Waals surface area contributed by atoms with Gasteiger partial charge >= 0.3 is 0 Å². The van der Waals surface area contributed by atoms with Gasteiger partial charge in [-0.3, -0.25) is 9.10 Å². The smallest absolute Gasteiger partial charge is 0.232 e. The third-order valence-corrected chi connectivity index (χ3v) is 4.53. The minimum atomic E-state index is -3.45. The number of anilines is 1. The Labute approximate surface area is 141 Å². The molecule has 0 spiro atoms. The molecule has 7 heteroatoms. The molecule has 0 aromatic heterocycles. The average Bonchev–Trinajstić information content (AvgIpc) is 2.51. The lowest BCUT2D eigenvalue weighted by Crippen LogP contribution is -2.38. The van der Waals surface area contributed by atoms with E-state index < -0.39 is 15.8 Å². The van der Waals surface area contributed by atoms with Gasteiger partial charge in [-0.15, -0.1) is 0 Å². The first kappa shape index (κ1) is 17.9. The predicted octanol–water partition coefficient (Wildman–Crippen LogP) is 1.95. The van der Waals surface area contributed by atoms with Crippen LogP contribution in [0.15, 0.2) is 54.6 Å². The fourth-order valence-electron chi connectivity index (χ4n) is 2.27. The summed E-state index contributed by atoms with van der Waals surface area (Å²) in [6.07, 6.45) is 1.16. The van der Waals surface area contributed by atoms with E-state index in [1.165, 1.54) is 16.4 Å². The summed E-state index contributed by atoms with van der Waals surface area (Å²) in [5.74, 6) is -0.685. The standard InChI is InChI=1S/C17H19FN2O3S/c1-24(22,23)20(16-8-3-2-4-9-16)11-10-19-17(21)13-14-6-5-7-15(18)12-14/h2-9,12H,10-11,13H2,1H3,(H,19,21). The van der Waals surface area contributed by atoms with E-state index in [-0.39, 0.29) is 25.4 Å². The van der Waals surface area contributed by atoms with Gasteiger partial charge in [0.15, 0.2) is 0 Å². The van der Waals surface area contributed by atoms with Crippen LogP contribution in [0, 0.1) is 5.82 Å². The zero-order valence-corrected chi connectivity index (χ0v) is 14.1. The molecule has 0 aliphatic rings. The van der Waals surface area contributed by atoms with Crippen LogP contribution in [0.25, 0.3) is 0 Å². The van der Waals surface area contributed by atoms with Gasteiger partial charge in [0.05, 0.1) is 24.9 Å². The van der Waals surface area contributed by atoms with E-state index >= 15 is 0 Å². The molecule has 2 aromatic rings. The van der Waals surface area contributed by atoms with Gasteiger partial charge in [-0.2, -0.15) is 0 Å². The highest BCUT2D eigenvalue weighted by Gasteiger charge is 2.17. The van der Waals surface area contributed by atoms with Gasteiger partial charge in [0.2, 0.25) is 15.9 Å². The maximum absolute atomic E-state index is 13.1. The first-order valence-electron chi connectivity index (χ1n) is 7.40. The number of amides is 1. The summed E-state index contributed by atoms with van der Waals surface area (Å²) in [4.78, 5) is 11.9. The molecule has 0 atom stereocenters. The second kappa shape index (κ2) is 7.92. The first-order valence-corrected chi connectivity index (χ1v) is 9.25. The average molecular weight is 350 g/mol. The van der Waals surface area contributed by atoms with Crippen molar-refractivity contribution in [3.8, 4) is 0 Å². The summed E-state index contributed by atoms with van der Waals surface area (Å²) in [5, 5.41) is 2.66. The van der Waals surface area contributed by atoms with Crippen molar-refractivity contribution in [1.82, 2.24) is 5.32 Å². The molecule has 24 heavy (non-hydrogen) atoms. The number of halogens is 1. The van der Waals surface area contributed by atoms with Crippen molar-refractivity contribution in [2.24, 2.45) is 0 Å². The molecular weight excluding hydrogens is 331 g/mol. The van der Waals surface area contributed by atoms with Gasteiger partial charge in [0.1, 0.15) is 5.82 Å². The van der Waals surface area contributed by atoms with E-state index in [0.29, 0.717) is 11.3 Å². The van der Waals surface area contributed by atoms with Crippen LogP contribution in [0.5, 0.6) is 0 Å². The minimum absolute atomic E-state index is 0.0436. The number of benzene rings is 2. The fraction of sp³-hybridized carbons (Fsp3) is 0.235. The van der Waals surface area contributed by atoms with E-state index in [1.54, 1.807) is 42.5 Å². The summed E-state index contributed by atoms with van der Waals surface area (Å²) in [5.41, 5.74) is 1.11. The van der Waals surface area contributed by atoms with Gasteiger partial charge in [-0.05, 0) is 29.8 Å². The Morgan fingerprint density at radius 1 is 1.12 bits per heavy atom. The normalized spacial score (nSPS) is 11.1. The van der Waals surface area contributed by atoms with Crippen LogP contribution in [0.1, 0.15) is 5.56 Å². The van der Waals surface area contributed by atoms with Gasteiger partial charge < -0.3 is 5.32 Å². The van der Waals surface area contributed by atoms with Gasteiger partial charge in [-0.25, -0.2) is 12.8 Å². The number of sulfonamides is 1. The highest BCUT2D eigenvalue weighted by Crippen LogP contribution is 2.15. The number of carbonyl (C=O) groups is 1. The molecule has 0 unspecified atom stereocenters. The van der Waals surface area contributed by atoms with E-state index in [9.17, 15) is 17.6 Å². The third kappa shape index (κ3) is 5.34. The van der Waals surface area contributed by atoms with E-state index in [2.05, 4.69) is 5.32 Å². The zero-order chi connectivity index (χ0) is 17.6. The maximum Gasteiger partial charge on any atom is 0.232 e. The molecule has 5 nitrogen and oxygen atoms in total. The van der Waals surface area contributed by atoms with Gasteiger partial charge in [-0.1, -0.05) is 30.3 Å². The lowest BCUT2D eigenvalue weighted by molar-refractivity contribution is -0.120. The molecule has 0 saturated heterocycles. The molecule has 0 bridgehead atoms. The van der Waals surface area contributed by atoms with E-state index in [0.717, 1.165) is 6.26 Å². The van der Waals surface area contributed by atoms with Crippen molar-refractivity contribution in [2.45, 2.75) is 6.42 Å². The highest BCUT2D eigenvalue weighted by atomic mass is 32.2. The third-order valence-electron chi connectivity index (χ3n) is 3.34. The number of nitrogens with zero attached hydrogens (tertiary/aromatic N) is 1. The Morgan fingerprint density at radius 3 is 2.46 bits per heavy atom. The molecule has 0 radical (unpaired) electrons. The van der Waals surface area contributed by atoms with Crippen LogP contribution in [0.3, 0.4) is 0 Å². The highest BCUT2D eigenvalue weighted by molar-refractivity contribution is 7.92. The summed E-state index contributed by atoms with van der Waals surface area (Å²) in [7, 11) is -3.45. The van der Waals surface area contributed by atoms with Crippen molar-refractivity contribution in [3.05, 3.63) is 66.0 Å². The van der Waals surface area contributed by atoms with E-state index in [4.69, 9.17) is 0 Å². The van der Waals surface area contributed by atoms with Crippen molar-refractivity contribution in [2.75, 3.05) is 23.7 Å². The minimum Gasteiger partial charge on any atom is -0.354 e. The largest absolute Gasteiger partial charge is 0.354 e. The van der Waals surface area contributed by atoms with Gasteiger partial charge in [0.25, 0.3) is 0 Å². The van der Waals surface area contributed by atoms with Crippen LogP contribution < -0.4 is 9.62 Å². The molecule has 128 valence electrons. The summed E-state index contributed by atoms with van der Waals surface area (Å²) in [6, 6.07) is 14.5. The molecule has 0 saturated carbocycles. The fourth-order valence-corrected chi connectivity index (χ4v) is 3.20. The van der Waals surface area contributed by atoms with Crippen LogP contribution in [0.2, 0.25) is 0 Å². The lowest BCUT2D eigenvalue weighted by Gasteiger charge is -2.22. The van der Waals surface area contributed by atoms with Crippen molar-refractivity contribution in [1.29, 1.82) is 0 Å². The van der Waals surface area contributed by atoms with Crippen molar-refractivity contribution < 1.29 is 17.6 Å². The molecule has 0 aliphatic carbocycles. The second-order valence-electron chi connectivity index (χ2n) is 5.33. The monoisotopic (exact) mass is 350 g/mol. The molecule has 2 rings (SSSR count). The van der Waals surface area contributed by atoms with Crippen LogP contribution in [0.4, 0.5) is 10.1 Å². The molecule has 1 amide bonds. The second-order valence-corrected chi connectivity index (χ2v) is 7.23. The van der Waals surface area contributed by atoms with Crippen LogP contribution in [-0.4, -0.2) is 33.7 Å². The quantitative estimate of drug-likeness (QED) is 0.830. The molecule has 2 aromatic carbocycles.